The average Bonchev–Trinajstić information content (AvgIpc) is 3.07. The van der Waals surface area contributed by atoms with Gasteiger partial charge in [0, 0.05) is 41.6 Å². The van der Waals surface area contributed by atoms with Crippen molar-refractivity contribution in [1.29, 1.82) is 0 Å². The lowest BCUT2D eigenvalue weighted by Gasteiger charge is -2.11. The molecule has 1 N–H and O–H groups in total. The van der Waals surface area contributed by atoms with Crippen molar-refractivity contribution in [3.05, 3.63) is 71.1 Å². The lowest BCUT2D eigenvalue weighted by molar-refractivity contribution is 0.601. The van der Waals surface area contributed by atoms with Crippen LogP contribution in [0.5, 0.6) is 0 Å². The van der Waals surface area contributed by atoms with Crippen LogP contribution in [0.4, 0.5) is 5.69 Å². The third-order valence-corrected chi connectivity index (χ3v) is 6.50. The molecule has 4 aromatic rings. The third kappa shape index (κ3) is 3.56. The number of rotatable bonds is 4. The van der Waals surface area contributed by atoms with Crippen molar-refractivity contribution in [1.82, 2.24) is 14.8 Å². The van der Waals surface area contributed by atoms with Crippen LogP contribution in [0, 0.1) is 0 Å². The molecule has 0 amide bonds. The Hall–Kier alpha value is -2.61. The minimum Gasteiger partial charge on any atom is -0.280 e. The van der Waals surface area contributed by atoms with E-state index in [1.165, 1.54) is 12.1 Å². The maximum atomic E-state index is 12.8. The zero-order chi connectivity index (χ0) is 19.9. The number of halogens is 2. The molecule has 0 saturated carbocycles. The van der Waals surface area contributed by atoms with Crippen molar-refractivity contribution >= 4 is 49.8 Å². The Labute approximate surface area is 171 Å². The summed E-state index contributed by atoms with van der Waals surface area (Å²) in [6, 6.07) is 11.6. The number of benzene rings is 2. The van der Waals surface area contributed by atoms with Crippen LogP contribution in [-0.2, 0) is 17.1 Å². The van der Waals surface area contributed by atoms with Gasteiger partial charge in [-0.15, -0.1) is 0 Å². The predicted octanol–water partition coefficient (Wildman–Crippen LogP) is 4.74. The number of nitrogens with one attached hydrogen (secondary N) is 1. The van der Waals surface area contributed by atoms with E-state index in [-0.39, 0.29) is 14.9 Å². The molecular formula is C19H14Cl2N4O2S. The van der Waals surface area contributed by atoms with Gasteiger partial charge in [-0.1, -0.05) is 29.3 Å². The van der Waals surface area contributed by atoms with Crippen molar-refractivity contribution in [2.45, 2.75) is 4.90 Å². The molecule has 2 aromatic heterocycles. The van der Waals surface area contributed by atoms with Gasteiger partial charge in [0.05, 0.1) is 21.8 Å². The number of pyridine rings is 1. The monoisotopic (exact) mass is 432 g/mol. The maximum Gasteiger partial charge on any atom is 0.264 e. The van der Waals surface area contributed by atoms with Gasteiger partial charge >= 0.3 is 0 Å². The molecule has 0 aliphatic heterocycles. The van der Waals surface area contributed by atoms with Crippen molar-refractivity contribution in [3.63, 3.8) is 0 Å². The van der Waals surface area contributed by atoms with Gasteiger partial charge in [-0.25, -0.2) is 8.42 Å². The fourth-order valence-corrected chi connectivity index (χ4v) is 5.06. The van der Waals surface area contributed by atoms with E-state index in [1.807, 2.05) is 19.3 Å². The standard InChI is InChI=1S/C19H14Cl2N4O2S/c1-25-11-14(10-23-25)13-7-12-8-15(5-6-18(12)22-9-13)24-28(26,27)19-16(20)3-2-4-17(19)21/h2-11,24H,1H3. The van der Waals surface area contributed by atoms with Crippen LogP contribution in [0.15, 0.2) is 66.0 Å². The summed E-state index contributed by atoms with van der Waals surface area (Å²) in [5.74, 6) is 0. The molecule has 0 unspecified atom stereocenters. The van der Waals surface area contributed by atoms with E-state index in [2.05, 4.69) is 14.8 Å². The fraction of sp³-hybridized carbons (Fsp3) is 0.0526. The molecule has 0 bridgehead atoms. The molecule has 142 valence electrons. The lowest BCUT2D eigenvalue weighted by Crippen LogP contribution is -2.14. The van der Waals surface area contributed by atoms with Crippen LogP contribution in [0.25, 0.3) is 22.0 Å². The Kier molecular flexibility index (Phi) is 4.74. The van der Waals surface area contributed by atoms with E-state index < -0.39 is 10.0 Å². The minimum absolute atomic E-state index is 0.0568. The van der Waals surface area contributed by atoms with Crippen LogP contribution in [-0.4, -0.2) is 23.2 Å². The van der Waals surface area contributed by atoms with Crippen LogP contribution in [0.3, 0.4) is 0 Å². The average molecular weight is 433 g/mol. The fourth-order valence-electron chi connectivity index (χ4n) is 2.87. The summed E-state index contributed by atoms with van der Waals surface area (Å²) in [5, 5.41) is 5.06. The van der Waals surface area contributed by atoms with E-state index in [0.717, 1.165) is 22.0 Å². The highest BCUT2D eigenvalue weighted by Crippen LogP contribution is 2.31. The second kappa shape index (κ2) is 7.09. The molecule has 6 nitrogen and oxygen atoms in total. The summed E-state index contributed by atoms with van der Waals surface area (Å²) in [5.41, 5.74) is 2.93. The molecule has 2 heterocycles. The van der Waals surface area contributed by atoms with E-state index >= 15 is 0 Å². The number of aryl methyl sites for hydroxylation is 1. The Bertz CT molecular complexity index is 1280. The first kappa shape index (κ1) is 18.7. The summed E-state index contributed by atoms with van der Waals surface area (Å²) >= 11 is 12.1. The molecule has 0 aliphatic rings. The van der Waals surface area contributed by atoms with Gasteiger partial charge in [-0.05, 0) is 36.4 Å². The molecule has 0 fully saturated rings. The van der Waals surface area contributed by atoms with E-state index in [0.29, 0.717) is 5.69 Å². The number of nitrogens with zero attached hydrogens (tertiary/aromatic N) is 3. The van der Waals surface area contributed by atoms with E-state index in [9.17, 15) is 8.42 Å². The smallest absolute Gasteiger partial charge is 0.264 e. The Morgan fingerprint density at radius 3 is 2.43 bits per heavy atom. The van der Waals surface area contributed by atoms with Crippen molar-refractivity contribution < 1.29 is 8.42 Å². The largest absolute Gasteiger partial charge is 0.280 e. The molecule has 0 aliphatic carbocycles. The minimum atomic E-state index is -3.95. The van der Waals surface area contributed by atoms with Gasteiger partial charge < -0.3 is 0 Å². The van der Waals surface area contributed by atoms with Crippen LogP contribution < -0.4 is 4.72 Å². The van der Waals surface area contributed by atoms with Gasteiger partial charge in [-0.3, -0.25) is 14.4 Å². The summed E-state index contributed by atoms with van der Waals surface area (Å²) in [7, 11) is -2.11. The highest BCUT2D eigenvalue weighted by atomic mass is 35.5. The lowest BCUT2D eigenvalue weighted by atomic mass is 10.1. The van der Waals surface area contributed by atoms with Crippen molar-refractivity contribution in [3.8, 4) is 11.1 Å². The van der Waals surface area contributed by atoms with E-state index in [4.69, 9.17) is 23.2 Å². The molecule has 0 radical (unpaired) electrons. The number of anilines is 1. The number of hydrogen-bond donors (Lipinski definition) is 1. The Balaban J connectivity index is 1.73. The first-order valence-corrected chi connectivity index (χ1v) is 10.4. The maximum absolute atomic E-state index is 12.8. The number of hydrogen-bond acceptors (Lipinski definition) is 4. The number of aromatic nitrogens is 3. The second-order valence-corrected chi connectivity index (χ2v) is 8.62. The predicted molar refractivity (Wildman–Crippen MR) is 111 cm³/mol. The molecule has 9 heteroatoms. The summed E-state index contributed by atoms with van der Waals surface area (Å²) < 4.78 is 29.8. The second-order valence-electron chi connectivity index (χ2n) is 6.19. The zero-order valence-corrected chi connectivity index (χ0v) is 16.9. The molecule has 0 atom stereocenters. The Morgan fingerprint density at radius 2 is 1.75 bits per heavy atom. The van der Waals surface area contributed by atoms with E-state index in [1.54, 1.807) is 41.3 Å². The van der Waals surface area contributed by atoms with Crippen LogP contribution in [0.1, 0.15) is 0 Å². The molecule has 4 rings (SSSR count). The Morgan fingerprint density at radius 1 is 1.00 bits per heavy atom. The molecular weight excluding hydrogens is 419 g/mol. The van der Waals surface area contributed by atoms with Gasteiger partial charge in [0.1, 0.15) is 4.90 Å². The van der Waals surface area contributed by atoms with Crippen molar-refractivity contribution in [2.75, 3.05) is 4.72 Å². The summed E-state index contributed by atoms with van der Waals surface area (Å²) in [4.78, 5) is 4.28. The first-order valence-electron chi connectivity index (χ1n) is 8.19. The summed E-state index contributed by atoms with van der Waals surface area (Å²) in [6.45, 7) is 0. The number of fused-ring (bicyclic) bond motifs is 1. The highest BCUT2D eigenvalue weighted by Gasteiger charge is 2.21. The third-order valence-electron chi connectivity index (χ3n) is 4.16. The first-order chi connectivity index (χ1) is 13.3. The van der Waals surface area contributed by atoms with Gasteiger partial charge in [0.2, 0.25) is 0 Å². The molecule has 2 aromatic carbocycles. The van der Waals surface area contributed by atoms with Crippen molar-refractivity contribution in [2.24, 2.45) is 7.05 Å². The van der Waals surface area contributed by atoms with Crippen LogP contribution in [0.2, 0.25) is 10.0 Å². The quantitative estimate of drug-likeness (QED) is 0.504. The highest BCUT2D eigenvalue weighted by molar-refractivity contribution is 7.93. The van der Waals surface area contributed by atoms with Gasteiger partial charge in [-0.2, -0.15) is 5.10 Å². The SMILES string of the molecule is Cn1cc(-c2cnc3ccc(NS(=O)(=O)c4c(Cl)cccc4Cl)cc3c2)cn1. The van der Waals surface area contributed by atoms with Gasteiger partial charge in [0.25, 0.3) is 10.0 Å². The van der Waals surface area contributed by atoms with Gasteiger partial charge in [0.15, 0.2) is 0 Å². The van der Waals surface area contributed by atoms with Crippen LogP contribution >= 0.6 is 23.2 Å². The molecule has 0 spiro atoms. The number of sulfonamides is 1. The molecule has 28 heavy (non-hydrogen) atoms. The topological polar surface area (TPSA) is 76.9 Å². The summed E-state index contributed by atoms with van der Waals surface area (Å²) in [6.07, 6.45) is 5.39. The zero-order valence-electron chi connectivity index (χ0n) is 14.6. The molecule has 0 saturated heterocycles. The normalized spacial score (nSPS) is 11.7.